The summed E-state index contributed by atoms with van der Waals surface area (Å²) in [7, 11) is -4.09. The molecule has 1 aliphatic rings. The van der Waals surface area contributed by atoms with Crippen LogP contribution in [0.5, 0.6) is 0 Å². The first-order valence-electron chi connectivity index (χ1n) is 6.01. The fourth-order valence-electron chi connectivity index (χ4n) is 2.29. The van der Waals surface area contributed by atoms with E-state index in [1.165, 1.54) is 6.07 Å². The van der Waals surface area contributed by atoms with Crippen molar-refractivity contribution in [3.05, 3.63) is 29.8 Å². The number of aliphatic hydroxyl groups is 1. The summed E-state index contributed by atoms with van der Waals surface area (Å²) >= 11 is 0. The normalized spacial score (nSPS) is 24.0. The number of aliphatic hydroxyl groups excluding tert-OH is 1. The van der Waals surface area contributed by atoms with Gasteiger partial charge in [-0.25, -0.2) is 8.42 Å². The summed E-state index contributed by atoms with van der Waals surface area (Å²) in [4.78, 5) is -0.696. The van der Waals surface area contributed by atoms with E-state index in [0.29, 0.717) is 0 Å². The lowest BCUT2D eigenvalue weighted by Gasteiger charge is -2.16. The summed E-state index contributed by atoms with van der Waals surface area (Å²) in [5.41, 5.74) is -1.15. The molecule has 112 valence electrons. The SMILES string of the molecule is O=S(=O)(c1ccccc1C(F)(F)F)[C@@H]1CN[C@@H](CO)C1. The van der Waals surface area contributed by atoms with Crippen molar-refractivity contribution in [2.24, 2.45) is 0 Å². The van der Waals surface area contributed by atoms with E-state index in [2.05, 4.69) is 5.32 Å². The molecule has 8 heteroatoms. The molecule has 2 N–H and O–H groups in total. The number of alkyl halides is 3. The van der Waals surface area contributed by atoms with Gasteiger partial charge in [-0.1, -0.05) is 12.1 Å². The highest BCUT2D eigenvalue weighted by Crippen LogP contribution is 2.36. The first-order chi connectivity index (χ1) is 9.26. The van der Waals surface area contributed by atoms with Crippen LogP contribution in [0.2, 0.25) is 0 Å². The maximum absolute atomic E-state index is 12.9. The van der Waals surface area contributed by atoms with Crippen molar-refractivity contribution < 1.29 is 26.7 Å². The lowest BCUT2D eigenvalue weighted by atomic mass is 10.2. The number of halogens is 3. The van der Waals surface area contributed by atoms with Gasteiger partial charge >= 0.3 is 6.18 Å². The quantitative estimate of drug-likeness (QED) is 0.880. The van der Waals surface area contributed by atoms with Crippen LogP contribution in [0.25, 0.3) is 0 Å². The van der Waals surface area contributed by atoms with Crippen LogP contribution in [0.3, 0.4) is 0 Å². The third-order valence-corrected chi connectivity index (χ3v) is 5.55. The molecule has 0 unspecified atom stereocenters. The molecule has 0 aliphatic carbocycles. The summed E-state index contributed by atoms with van der Waals surface area (Å²) in [6, 6.07) is 3.77. The Morgan fingerprint density at radius 2 is 1.95 bits per heavy atom. The predicted molar refractivity (Wildman–Crippen MR) is 65.9 cm³/mol. The van der Waals surface area contributed by atoms with Gasteiger partial charge in [-0.2, -0.15) is 13.2 Å². The number of sulfone groups is 1. The zero-order valence-corrected chi connectivity index (χ0v) is 11.2. The van der Waals surface area contributed by atoms with Crippen LogP contribution in [-0.4, -0.2) is 38.0 Å². The minimum Gasteiger partial charge on any atom is -0.395 e. The van der Waals surface area contributed by atoms with Crippen molar-refractivity contribution in [3.8, 4) is 0 Å². The summed E-state index contributed by atoms with van der Waals surface area (Å²) in [6.45, 7) is -0.202. The summed E-state index contributed by atoms with van der Waals surface area (Å²) in [6.07, 6.45) is -4.61. The maximum Gasteiger partial charge on any atom is 0.417 e. The smallest absolute Gasteiger partial charge is 0.395 e. The zero-order chi connectivity index (χ0) is 15.0. The maximum atomic E-state index is 12.9. The van der Waals surface area contributed by atoms with Gasteiger partial charge in [-0.15, -0.1) is 0 Å². The Labute approximate surface area is 114 Å². The van der Waals surface area contributed by atoms with Crippen molar-refractivity contribution in [3.63, 3.8) is 0 Å². The average molecular weight is 309 g/mol. The van der Waals surface area contributed by atoms with E-state index in [4.69, 9.17) is 5.11 Å². The molecule has 0 bridgehead atoms. The fourth-order valence-corrected chi connectivity index (χ4v) is 4.21. The lowest BCUT2D eigenvalue weighted by molar-refractivity contribution is -0.139. The molecule has 0 spiro atoms. The van der Waals surface area contributed by atoms with E-state index < -0.39 is 37.8 Å². The van der Waals surface area contributed by atoms with Gasteiger partial charge in [0, 0.05) is 12.6 Å². The van der Waals surface area contributed by atoms with Gasteiger partial charge in [0.1, 0.15) is 0 Å². The van der Waals surface area contributed by atoms with E-state index in [-0.39, 0.29) is 19.6 Å². The molecule has 0 saturated carbocycles. The monoisotopic (exact) mass is 309 g/mol. The van der Waals surface area contributed by atoms with E-state index >= 15 is 0 Å². The number of benzene rings is 1. The number of hydrogen-bond acceptors (Lipinski definition) is 4. The van der Waals surface area contributed by atoms with Crippen LogP contribution < -0.4 is 5.32 Å². The van der Waals surface area contributed by atoms with Gasteiger partial charge in [0.15, 0.2) is 9.84 Å². The Morgan fingerprint density at radius 1 is 1.30 bits per heavy atom. The minimum absolute atomic E-state index is 0.0414. The van der Waals surface area contributed by atoms with Gasteiger partial charge in [-0.3, -0.25) is 0 Å². The predicted octanol–water partition coefficient (Wildman–Crippen LogP) is 1.20. The summed E-state index contributed by atoms with van der Waals surface area (Å²) < 4.78 is 63.3. The van der Waals surface area contributed by atoms with Crippen LogP contribution in [0.1, 0.15) is 12.0 Å². The lowest BCUT2D eigenvalue weighted by Crippen LogP contribution is -2.26. The Morgan fingerprint density at radius 3 is 2.50 bits per heavy atom. The molecule has 0 amide bonds. The first kappa shape index (κ1) is 15.3. The highest BCUT2D eigenvalue weighted by Gasteiger charge is 2.41. The Bertz CT molecular complexity index is 586. The Hall–Kier alpha value is -1.12. The topological polar surface area (TPSA) is 66.4 Å². The van der Waals surface area contributed by atoms with Gasteiger partial charge < -0.3 is 10.4 Å². The summed E-state index contributed by atoms with van der Waals surface area (Å²) in [5, 5.41) is 10.8. The average Bonchev–Trinajstić information content (AvgIpc) is 2.87. The van der Waals surface area contributed by atoms with Crippen LogP contribution in [-0.2, 0) is 16.0 Å². The second kappa shape index (κ2) is 5.34. The largest absolute Gasteiger partial charge is 0.417 e. The molecule has 1 fully saturated rings. The van der Waals surface area contributed by atoms with Crippen molar-refractivity contribution in [1.29, 1.82) is 0 Å². The molecular weight excluding hydrogens is 295 g/mol. The molecule has 1 aromatic carbocycles. The van der Waals surface area contributed by atoms with Crippen molar-refractivity contribution in [2.75, 3.05) is 13.2 Å². The minimum atomic E-state index is -4.72. The zero-order valence-electron chi connectivity index (χ0n) is 10.4. The van der Waals surface area contributed by atoms with Crippen LogP contribution >= 0.6 is 0 Å². The Balaban J connectivity index is 2.41. The highest BCUT2D eigenvalue weighted by atomic mass is 32.2. The molecule has 0 radical (unpaired) electrons. The van der Waals surface area contributed by atoms with Crippen LogP contribution in [0.4, 0.5) is 13.2 Å². The second-order valence-electron chi connectivity index (χ2n) is 4.68. The van der Waals surface area contributed by atoms with Gasteiger partial charge in [0.25, 0.3) is 0 Å². The standard InChI is InChI=1S/C12H14F3NO3S/c13-12(14,15)10-3-1-2-4-11(10)20(18,19)9-5-8(7-17)16-6-9/h1-4,8-9,16-17H,5-7H2/t8-,9+/m1/s1. The molecule has 1 saturated heterocycles. The number of rotatable bonds is 3. The number of nitrogens with one attached hydrogen (secondary N) is 1. The molecule has 1 aliphatic heterocycles. The van der Waals surface area contributed by atoms with Crippen LogP contribution in [0.15, 0.2) is 29.2 Å². The van der Waals surface area contributed by atoms with Crippen molar-refractivity contribution >= 4 is 9.84 Å². The third kappa shape index (κ3) is 2.82. The molecule has 0 aromatic heterocycles. The molecule has 1 heterocycles. The third-order valence-electron chi connectivity index (χ3n) is 3.34. The number of hydrogen-bond donors (Lipinski definition) is 2. The summed E-state index contributed by atoms with van der Waals surface area (Å²) in [5.74, 6) is 0. The first-order valence-corrected chi connectivity index (χ1v) is 7.56. The molecule has 4 nitrogen and oxygen atoms in total. The molecule has 20 heavy (non-hydrogen) atoms. The second-order valence-corrected chi connectivity index (χ2v) is 6.88. The molecular formula is C12H14F3NO3S. The van der Waals surface area contributed by atoms with E-state index in [1.54, 1.807) is 0 Å². The van der Waals surface area contributed by atoms with Crippen molar-refractivity contribution in [1.82, 2.24) is 5.32 Å². The van der Waals surface area contributed by atoms with Crippen molar-refractivity contribution in [2.45, 2.75) is 28.8 Å². The fraction of sp³-hybridized carbons (Fsp3) is 0.500. The van der Waals surface area contributed by atoms with Gasteiger partial charge in [-0.05, 0) is 18.6 Å². The molecule has 1 aromatic rings. The van der Waals surface area contributed by atoms with Crippen LogP contribution in [0, 0.1) is 0 Å². The van der Waals surface area contributed by atoms with E-state index in [1.807, 2.05) is 0 Å². The van der Waals surface area contributed by atoms with E-state index in [0.717, 1.165) is 18.2 Å². The van der Waals surface area contributed by atoms with E-state index in [9.17, 15) is 21.6 Å². The van der Waals surface area contributed by atoms with Gasteiger partial charge in [0.05, 0.1) is 22.3 Å². The highest BCUT2D eigenvalue weighted by molar-refractivity contribution is 7.92. The van der Waals surface area contributed by atoms with Gasteiger partial charge in [0.2, 0.25) is 0 Å². The molecule has 2 rings (SSSR count). The molecule has 2 atom stereocenters. The Kier molecular flexibility index (Phi) is 4.08.